The van der Waals surface area contributed by atoms with Crippen molar-refractivity contribution in [3.05, 3.63) is 18.2 Å². The van der Waals surface area contributed by atoms with E-state index in [1.54, 1.807) is 0 Å². The van der Waals surface area contributed by atoms with Gasteiger partial charge in [-0.25, -0.2) is 4.98 Å². The van der Waals surface area contributed by atoms with Crippen LogP contribution in [0.4, 0.5) is 0 Å². The molecular formula is C15H25N3. The standard InChI is InChI=1S/C15H25N3/c1-10(13-7-11-4-5-12(13)6-11)18-9-17-8-14(18)15(2,3)16/h8-13H,4-7,16H2,1-3H3. The van der Waals surface area contributed by atoms with Gasteiger partial charge in [-0.05, 0) is 57.8 Å². The number of fused-ring (bicyclic) bond motifs is 2. The zero-order valence-corrected chi connectivity index (χ0v) is 11.8. The maximum atomic E-state index is 6.25. The molecule has 0 aliphatic heterocycles. The van der Waals surface area contributed by atoms with Gasteiger partial charge in [0.1, 0.15) is 0 Å². The molecule has 2 aliphatic rings. The summed E-state index contributed by atoms with van der Waals surface area (Å²) in [7, 11) is 0. The lowest BCUT2D eigenvalue weighted by molar-refractivity contribution is 0.234. The Bertz CT molecular complexity index is 429. The van der Waals surface area contributed by atoms with E-state index in [-0.39, 0.29) is 5.54 Å². The van der Waals surface area contributed by atoms with Crippen LogP contribution >= 0.6 is 0 Å². The molecular weight excluding hydrogens is 222 g/mol. The van der Waals surface area contributed by atoms with Gasteiger partial charge in [-0.2, -0.15) is 0 Å². The van der Waals surface area contributed by atoms with Crippen molar-refractivity contribution in [2.45, 2.75) is 58.0 Å². The van der Waals surface area contributed by atoms with Gasteiger partial charge in [0.05, 0.1) is 17.6 Å². The van der Waals surface area contributed by atoms with Crippen LogP contribution in [0.5, 0.6) is 0 Å². The summed E-state index contributed by atoms with van der Waals surface area (Å²) in [5.41, 5.74) is 7.12. The molecule has 0 amide bonds. The van der Waals surface area contributed by atoms with E-state index in [4.69, 9.17) is 5.73 Å². The first-order valence-corrected chi connectivity index (χ1v) is 7.28. The number of imidazole rings is 1. The topological polar surface area (TPSA) is 43.8 Å². The Morgan fingerprint density at radius 2 is 2.17 bits per heavy atom. The molecule has 1 heterocycles. The minimum absolute atomic E-state index is 0.303. The molecule has 2 bridgehead atoms. The normalized spacial score (nSPS) is 33.0. The van der Waals surface area contributed by atoms with E-state index in [1.807, 2.05) is 12.5 Å². The Hall–Kier alpha value is -0.830. The van der Waals surface area contributed by atoms with Crippen molar-refractivity contribution in [1.82, 2.24) is 9.55 Å². The van der Waals surface area contributed by atoms with Gasteiger partial charge in [-0.1, -0.05) is 6.42 Å². The van der Waals surface area contributed by atoms with E-state index in [9.17, 15) is 0 Å². The smallest absolute Gasteiger partial charge is 0.0951 e. The molecule has 1 aromatic rings. The fraction of sp³-hybridized carbons (Fsp3) is 0.800. The maximum absolute atomic E-state index is 6.25. The molecule has 100 valence electrons. The number of nitrogens with two attached hydrogens (primary N) is 1. The van der Waals surface area contributed by atoms with Crippen LogP contribution in [0.15, 0.2) is 12.5 Å². The number of hydrogen-bond acceptors (Lipinski definition) is 2. The number of rotatable bonds is 3. The Labute approximate surface area is 110 Å². The fourth-order valence-electron chi connectivity index (χ4n) is 4.22. The average Bonchev–Trinajstić information content (AvgIpc) is 3.01. The van der Waals surface area contributed by atoms with E-state index in [2.05, 4.69) is 30.3 Å². The third-order valence-electron chi connectivity index (χ3n) is 5.18. The van der Waals surface area contributed by atoms with Crippen molar-refractivity contribution < 1.29 is 0 Å². The highest BCUT2D eigenvalue weighted by Crippen LogP contribution is 2.52. The van der Waals surface area contributed by atoms with Crippen molar-refractivity contribution in [3.8, 4) is 0 Å². The minimum atomic E-state index is -0.303. The Kier molecular flexibility index (Phi) is 2.77. The summed E-state index contributed by atoms with van der Waals surface area (Å²) >= 11 is 0. The zero-order valence-electron chi connectivity index (χ0n) is 11.8. The average molecular weight is 247 g/mol. The summed E-state index contributed by atoms with van der Waals surface area (Å²) in [5, 5.41) is 0. The predicted molar refractivity (Wildman–Crippen MR) is 73.1 cm³/mol. The number of nitrogens with zero attached hydrogens (tertiary/aromatic N) is 2. The maximum Gasteiger partial charge on any atom is 0.0951 e. The first kappa shape index (κ1) is 12.2. The molecule has 2 saturated carbocycles. The number of hydrogen-bond donors (Lipinski definition) is 1. The van der Waals surface area contributed by atoms with E-state index < -0.39 is 0 Å². The van der Waals surface area contributed by atoms with Crippen LogP contribution < -0.4 is 5.73 Å². The lowest BCUT2D eigenvalue weighted by Crippen LogP contribution is -2.34. The Morgan fingerprint density at radius 1 is 1.39 bits per heavy atom. The second-order valence-electron chi connectivity index (χ2n) is 6.99. The Balaban J connectivity index is 1.85. The van der Waals surface area contributed by atoms with Crippen LogP contribution in [0.1, 0.15) is 58.2 Å². The molecule has 4 unspecified atom stereocenters. The van der Waals surface area contributed by atoms with Crippen LogP contribution in [0.3, 0.4) is 0 Å². The summed E-state index contributed by atoms with van der Waals surface area (Å²) in [6.45, 7) is 6.48. The molecule has 2 N–H and O–H groups in total. The zero-order chi connectivity index (χ0) is 12.9. The molecule has 0 radical (unpaired) electrons. The van der Waals surface area contributed by atoms with Crippen molar-refractivity contribution >= 4 is 0 Å². The quantitative estimate of drug-likeness (QED) is 0.892. The first-order chi connectivity index (χ1) is 8.47. The molecule has 2 aliphatic carbocycles. The van der Waals surface area contributed by atoms with Gasteiger partial charge in [0.2, 0.25) is 0 Å². The third kappa shape index (κ3) is 1.89. The third-order valence-corrected chi connectivity index (χ3v) is 5.18. The van der Waals surface area contributed by atoms with Gasteiger partial charge in [0.25, 0.3) is 0 Å². The van der Waals surface area contributed by atoms with Crippen molar-refractivity contribution in [2.75, 3.05) is 0 Å². The van der Waals surface area contributed by atoms with Gasteiger partial charge in [-0.15, -0.1) is 0 Å². The van der Waals surface area contributed by atoms with Crippen LogP contribution in [0, 0.1) is 17.8 Å². The van der Waals surface area contributed by atoms with Crippen LogP contribution in [-0.4, -0.2) is 9.55 Å². The van der Waals surface area contributed by atoms with E-state index in [1.165, 1.54) is 25.7 Å². The molecule has 3 heteroatoms. The van der Waals surface area contributed by atoms with Gasteiger partial charge in [-0.3, -0.25) is 0 Å². The number of aromatic nitrogens is 2. The monoisotopic (exact) mass is 247 g/mol. The highest BCUT2D eigenvalue weighted by atomic mass is 15.1. The lowest BCUT2D eigenvalue weighted by Gasteiger charge is -2.32. The Morgan fingerprint density at radius 3 is 2.72 bits per heavy atom. The van der Waals surface area contributed by atoms with Gasteiger partial charge < -0.3 is 10.3 Å². The fourth-order valence-corrected chi connectivity index (χ4v) is 4.22. The van der Waals surface area contributed by atoms with Gasteiger partial charge >= 0.3 is 0 Å². The second-order valence-corrected chi connectivity index (χ2v) is 6.99. The molecule has 0 aromatic carbocycles. The molecule has 3 nitrogen and oxygen atoms in total. The lowest BCUT2D eigenvalue weighted by atomic mass is 9.83. The summed E-state index contributed by atoms with van der Waals surface area (Å²) < 4.78 is 2.32. The van der Waals surface area contributed by atoms with Crippen LogP contribution in [0.2, 0.25) is 0 Å². The van der Waals surface area contributed by atoms with E-state index in [0.29, 0.717) is 6.04 Å². The molecule has 0 spiro atoms. The molecule has 0 saturated heterocycles. The molecule has 4 atom stereocenters. The van der Waals surface area contributed by atoms with Gasteiger partial charge in [0.15, 0.2) is 0 Å². The SMILES string of the molecule is CC(C1CC2CCC1C2)n1cncc1C(C)(C)N. The highest BCUT2D eigenvalue weighted by molar-refractivity contribution is 5.12. The summed E-state index contributed by atoms with van der Waals surface area (Å²) in [6, 6.07) is 0.542. The largest absolute Gasteiger partial charge is 0.330 e. The van der Waals surface area contributed by atoms with Crippen LogP contribution in [-0.2, 0) is 5.54 Å². The summed E-state index contributed by atoms with van der Waals surface area (Å²) in [4.78, 5) is 4.33. The second kappa shape index (κ2) is 4.09. The van der Waals surface area contributed by atoms with E-state index >= 15 is 0 Å². The predicted octanol–water partition coefficient (Wildman–Crippen LogP) is 3.07. The van der Waals surface area contributed by atoms with Gasteiger partial charge in [0, 0.05) is 12.2 Å². The molecule has 1 aromatic heterocycles. The van der Waals surface area contributed by atoms with Crippen molar-refractivity contribution in [2.24, 2.45) is 23.5 Å². The van der Waals surface area contributed by atoms with Crippen LogP contribution in [0.25, 0.3) is 0 Å². The summed E-state index contributed by atoms with van der Waals surface area (Å²) in [6.07, 6.45) is 9.69. The highest BCUT2D eigenvalue weighted by Gasteiger charge is 2.42. The molecule has 2 fully saturated rings. The van der Waals surface area contributed by atoms with E-state index in [0.717, 1.165) is 23.4 Å². The van der Waals surface area contributed by atoms with Crippen molar-refractivity contribution in [3.63, 3.8) is 0 Å². The molecule has 18 heavy (non-hydrogen) atoms. The minimum Gasteiger partial charge on any atom is -0.330 e. The first-order valence-electron chi connectivity index (χ1n) is 7.28. The molecule has 3 rings (SSSR count). The van der Waals surface area contributed by atoms with Crippen molar-refractivity contribution in [1.29, 1.82) is 0 Å². The summed E-state index contributed by atoms with van der Waals surface area (Å²) in [5.74, 6) is 2.78.